The molecule has 0 amide bonds. The third-order valence-electron chi connectivity index (χ3n) is 2.87. The molecule has 1 aliphatic heterocycles. The molecule has 0 bridgehead atoms. The molecule has 0 aromatic heterocycles. The second-order valence-electron chi connectivity index (χ2n) is 4.47. The maximum absolute atomic E-state index is 12.1. The molecule has 18 heavy (non-hydrogen) atoms. The predicted octanol–water partition coefficient (Wildman–Crippen LogP) is 0.968. The molecule has 2 N–H and O–H groups in total. The molecule has 1 heterocycles. The lowest BCUT2D eigenvalue weighted by Crippen LogP contribution is -2.35. The van der Waals surface area contributed by atoms with Gasteiger partial charge in [-0.1, -0.05) is 6.07 Å². The largest absolute Gasteiger partial charge is 0.384 e. The van der Waals surface area contributed by atoms with Gasteiger partial charge >= 0.3 is 0 Å². The Morgan fingerprint density at radius 3 is 3.00 bits per heavy atom. The quantitative estimate of drug-likeness (QED) is 0.836. The normalized spacial score (nSPS) is 16.1. The van der Waals surface area contributed by atoms with Gasteiger partial charge in [0.15, 0.2) is 0 Å². The molecule has 5 nitrogen and oxygen atoms in total. The molecule has 0 spiro atoms. The Labute approximate surface area is 108 Å². The van der Waals surface area contributed by atoms with Gasteiger partial charge in [0.2, 0.25) is 10.0 Å². The number of benzene rings is 1. The standard InChI is InChI=1S/C12H18N2O3S/c1-9(8-17-2)14-18(15,16)11-4-3-10-5-6-13-12(10)7-11/h3-4,7,9,13-14H,5-6,8H2,1-2H3. The molecular weight excluding hydrogens is 252 g/mol. The summed E-state index contributed by atoms with van der Waals surface area (Å²) >= 11 is 0. The van der Waals surface area contributed by atoms with E-state index in [1.165, 1.54) is 5.56 Å². The van der Waals surface area contributed by atoms with Crippen molar-refractivity contribution in [2.24, 2.45) is 0 Å². The van der Waals surface area contributed by atoms with Gasteiger partial charge in [-0.05, 0) is 31.0 Å². The first-order valence-electron chi connectivity index (χ1n) is 5.91. The molecule has 100 valence electrons. The SMILES string of the molecule is COCC(C)NS(=O)(=O)c1ccc2c(c1)NCC2. The Balaban J connectivity index is 2.19. The van der Waals surface area contributed by atoms with Crippen LogP contribution in [0.15, 0.2) is 23.1 Å². The number of hydrogen-bond acceptors (Lipinski definition) is 4. The fourth-order valence-corrected chi connectivity index (χ4v) is 3.31. The molecule has 1 aliphatic rings. The minimum Gasteiger partial charge on any atom is -0.384 e. The first kappa shape index (κ1) is 13.3. The predicted molar refractivity (Wildman–Crippen MR) is 70.3 cm³/mol. The molecule has 1 unspecified atom stereocenters. The topological polar surface area (TPSA) is 67.4 Å². The van der Waals surface area contributed by atoms with E-state index in [4.69, 9.17) is 4.74 Å². The average molecular weight is 270 g/mol. The van der Waals surface area contributed by atoms with Crippen molar-refractivity contribution in [1.82, 2.24) is 4.72 Å². The summed E-state index contributed by atoms with van der Waals surface area (Å²) in [5.74, 6) is 0. The molecule has 0 radical (unpaired) electrons. The maximum atomic E-state index is 12.1. The Kier molecular flexibility index (Phi) is 3.89. The Morgan fingerprint density at radius 2 is 2.28 bits per heavy atom. The van der Waals surface area contributed by atoms with Crippen LogP contribution in [0.2, 0.25) is 0 Å². The number of ether oxygens (including phenoxy) is 1. The van der Waals surface area contributed by atoms with Gasteiger partial charge in [0.25, 0.3) is 0 Å². The van der Waals surface area contributed by atoms with E-state index in [9.17, 15) is 8.42 Å². The van der Waals surface area contributed by atoms with E-state index in [1.807, 2.05) is 6.07 Å². The third kappa shape index (κ3) is 2.82. The van der Waals surface area contributed by atoms with Crippen LogP contribution in [0.4, 0.5) is 5.69 Å². The van der Waals surface area contributed by atoms with Crippen LogP contribution in [-0.2, 0) is 21.2 Å². The summed E-state index contributed by atoms with van der Waals surface area (Å²) in [7, 11) is -1.93. The Hall–Kier alpha value is -1.11. The van der Waals surface area contributed by atoms with Crippen LogP contribution in [0.1, 0.15) is 12.5 Å². The highest BCUT2D eigenvalue weighted by Gasteiger charge is 2.20. The lowest BCUT2D eigenvalue weighted by Gasteiger charge is -2.13. The minimum absolute atomic E-state index is 0.249. The smallest absolute Gasteiger partial charge is 0.240 e. The highest BCUT2D eigenvalue weighted by Crippen LogP contribution is 2.25. The summed E-state index contributed by atoms with van der Waals surface area (Å²) in [5, 5.41) is 3.17. The van der Waals surface area contributed by atoms with Crippen molar-refractivity contribution < 1.29 is 13.2 Å². The van der Waals surface area contributed by atoms with E-state index in [0.717, 1.165) is 18.7 Å². The monoisotopic (exact) mass is 270 g/mol. The van der Waals surface area contributed by atoms with Crippen LogP contribution in [0, 0.1) is 0 Å². The van der Waals surface area contributed by atoms with Crippen molar-refractivity contribution in [2.75, 3.05) is 25.6 Å². The Morgan fingerprint density at radius 1 is 1.50 bits per heavy atom. The fraction of sp³-hybridized carbons (Fsp3) is 0.500. The number of fused-ring (bicyclic) bond motifs is 1. The zero-order valence-electron chi connectivity index (χ0n) is 10.6. The zero-order valence-corrected chi connectivity index (χ0v) is 11.4. The van der Waals surface area contributed by atoms with Crippen molar-refractivity contribution >= 4 is 15.7 Å². The second-order valence-corrected chi connectivity index (χ2v) is 6.19. The van der Waals surface area contributed by atoms with Crippen LogP contribution in [0.5, 0.6) is 0 Å². The molecule has 2 rings (SSSR count). The first-order chi connectivity index (χ1) is 8.53. The number of rotatable bonds is 5. The van der Waals surface area contributed by atoms with Gasteiger partial charge in [-0.3, -0.25) is 0 Å². The van der Waals surface area contributed by atoms with Gasteiger partial charge in [0.05, 0.1) is 11.5 Å². The van der Waals surface area contributed by atoms with Gasteiger partial charge in [-0.2, -0.15) is 0 Å². The second kappa shape index (κ2) is 5.26. The zero-order chi connectivity index (χ0) is 13.2. The number of anilines is 1. The van der Waals surface area contributed by atoms with E-state index in [-0.39, 0.29) is 6.04 Å². The minimum atomic E-state index is -3.47. The molecule has 0 saturated carbocycles. The molecule has 1 atom stereocenters. The highest BCUT2D eigenvalue weighted by atomic mass is 32.2. The van der Waals surface area contributed by atoms with Gasteiger partial charge in [-0.25, -0.2) is 13.1 Å². The third-order valence-corrected chi connectivity index (χ3v) is 4.46. The van der Waals surface area contributed by atoms with E-state index in [2.05, 4.69) is 10.0 Å². The van der Waals surface area contributed by atoms with Gasteiger partial charge in [0, 0.05) is 25.4 Å². The maximum Gasteiger partial charge on any atom is 0.240 e. The molecule has 6 heteroatoms. The van der Waals surface area contributed by atoms with Crippen LogP contribution in [-0.4, -0.2) is 34.7 Å². The summed E-state index contributed by atoms with van der Waals surface area (Å²) in [4.78, 5) is 0.290. The molecular formula is C12H18N2O3S. The number of methoxy groups -OCH3 is 1. The number of sulfonamides is 1. The van der Waals surface area contributed by atoms with Crippen molar-refractivity contribution in [3.05, 3.63) is 23.8 Å². The van der Waals surface area contributed by atoms with E-state index < -0.39 is 10.0 Å². The van der Waals surface area contributed by atoms with Crippen LogP contribution in [0.3, 0.4) is 0 Å². The van der Waals surface area contributed by atoms with Crippen LogP contribution < -0.4 is 10.0 Å². The van der Waals surface area contributed by atoms with Crippen molar-refractivity contribution in [1.29, 1.82) is 0 Å². The van der Waals surface area contributed by atoms with Crippen LogP contribution in [0.25, 0.3) is 0 Å². The summed E-state index contributed by atoms with van der Waals surface area (Å²) in [6.07, 6.45) is 0.948. The van der Waals surface area contributed by atoms with E-state index >= 15 is 0 Å². The van der Waals surface area contributed by atoms with Crippen LogP contribution >= 0.6 is 0 Å². The van der Waals surface area contributed by atoms with Crippen molar-refractivity contribution in [3.8, 4) is 0 Å². The van der Waals surface area contributed by atoms with E-state index in [0.29, 0.717) is 11.5 Å². The van der Waals surface area contributed by atoms with Gasteiger partial charge < -0.3 is 10.1 Å². The van der Waals surface area contributed by atoms with Gasteiger partial charge in [-0.15, -0.1) is 0 Å². The van der Waals surface area contributed by atoms with Crippen molar-refractivity contribution in [3.63, 3.8) is 0 Å². The van der Waals surface area contributed by atoms with Crippen molar-refractivity contribution in [2.45, 2.75) is 24.3 Å². The highest BCUT2D eigenvalue weighted by molar-refractivity contribution is 7.89. The molecule has 0 aliphatic carbocycles. The molecule has 1 aromatic rings. The molecule has 1 aromatic carbocycles. The first-order valence-corrected chi connectivity index (χ1v) is 7.39. The summed E-state index contributed by atoms with van der Waals surface area (Å²) in [5.41, 5.74) is 2.08. The fourth-order valence-electron chi connectivity index (χ4n) is 2.05. The summed E-state index contributed by atoms with van der Waals surface area (Å²) < 4.78 is 31.7. The summed E-state index contributed by atoms with van der Waals surface area (Å²) in [6, 6.07) is 4.95. The molecule has 0 fully saturated rings. The average Bonchev–Trinajstić information content (AvgIpc) is 2.75. The lowest BCUT2D eigenvalue weighted by atomic mass is 10.2. The number of nitrogens with one attached hydrogen (secondary N) is 2. The lowest BCUT2D eigenvalue weighted by molar-refractivity contribution is 0.180. The van der Waals surface area contributed by atoms with Gasteiger partial charge in [0.1, 0.15) is 0 Å². The summed E-state index contributed by atoms with van der Waals surface area (Å²) in [6.45, 7) is 2.99. The number of hydrogen-bond donors (Lipinski definition) is 2. The Bertz CT molecular complexity index is 528. The molecule has 0 saturated heterocycles. The van der Waals surface area contributed by atoms with E-state index in [1.54, 1.807) is 26.2 Å².